The van der Waals surface area contributed by atoms with E-state index in [0.29, 0.717) is 12.5 Å². The Balaban J connectivity index is 1.28. The number of thiazole rings is 1. The van der Waals surface area contributed by atoms with Gasteiger partial charge in [-0.1, -0.05) is 42.5 Å². The van der Waals surface area contributed by atoms with E-state index in [-0.39, 0.29) is 11.9 Å². The minimum atomic E-state index is 0.0541. The third-order valence-electron chi connectivity index (χ3n) is 5.44. The number of hydrogen-bond donors (Lipinski definition) is 2. The monoisotopic (exact) mass is 380 g/mol. The van der Waals surface area contributed by atoms with Crippen molar-refractivity contribution in [3.05, 3.63) is 65.2 Å². The molecule has 2 heterocycles. The minimum Gasteiger partial charge on any atom is -0.345 e. The van der Waals surface area contributed by atoms with Crippen molar-refractivity contribution in [2.75, 3.05) is 19.6 Å². The van der Waals surface area contributed by atoms with Crippen LogP contribution in [0.25, 0.3) is 10.2 Å². The highest BCUT2D eigenvalue weighted by molar-refractivity contribution is 7.18. The molecule has 4 rings (SSSR count). The van der Waals surface area contributed by atoms with Crippen LogP contribution in [0, 0.1) is 0 Å². The summed E-state index contributed by atoms with van der Waals surface area (Å²) in [5.41, 5.74) is 2.26. The molecule has 2 N–H and O–H groups in total. The molecule has 0 bridgehead atoms. The standard InChI is InChI=1S/C22H25N3OS/c1-16(17-7-3-2-4-8-17)23-21(26)15-25-13-11-18(12-14-25)22-24-19-9-5-6-10-20(19)27-22/h2-10,16,18H,11-15H2,1H3,(H,23,26)/p+1/t16-/m0/s1. The van der Waals surface area contributed by atoms with Crippen LogP contribution < -0.4 is 10.2 Å². The summed E-state index contributed by atoms with van der Waals surface area (Å²) < 4.78 is 1.27. The molecule has 27 heavy (non-hydrogen) atoms. The van der Waals surface area contributed by atoms with Crippen molar-refractivity contribution in [2.45, 2.75) is 31.7 Å². The summed E-state index contributed by atoms with van der Waals surface area (Å²) in [6.07, 6.45) is 2.22. The van der Waals surface area contributed by atoms with Gasteiger partial charge in [-0.25, -0.2) is 4.98 Å². The fourth-order valence-electron chi connectivity index (χ4n) is 3.86. The highest BCUT2D eigenvalue weighted by atomic mass is 32.1. The molecule has 0 unspecified atom stereocenters. The average Bonchev–Trinajstić information content (AvgIpc) is 3.13. The van der Waals surface area contributed by atoms with E-state index in [1.165, 1.54) is 14.6 Å². The largest absolute Gasteiger partial charge is 0.345 e. The number of likely N-dealkylation sites (tertiary alicyclic amines) is 1. The van der Waals surface area contributed by atoms with Gasteiger partial charge < -0.3 is 10.2 Å². The smallest absolute Gasteiger partial charge is 0.275 e. The maximum Gasteiger partial charge on any atom is 0.275 e. The maximum absolute atomic E-state index is 12.4. The number of para-hydroxylation sites is 1. The van der Waals surface area contributed by atoms with Crippen LogP contribution in [-0.2, 0) is 4.79 Å². The van der Waals surface area contributed by atoms with Gasteiger partial charge in [0.15, 0.2) is 6.54 Å². The second-order valence-corrected chi connectivity index (χ2v) is 8.48. The van der Waals surface area contributed by atoms with Gasteiger partial charge >= 0.3 is 0 Å². The topological polar surface area (TPSA) is 46.4 Å². The highest BCUT2D eigenvalue weighted by Crippen LogP contribution is 2.31. The van der Waals surface area contributed by atoms with Gasteiger partial charge in [0.25, 0.3) is 5.91 Å². The zero-order valence-electron chi connectivity index (χ0n) is 15.7. The molecule has 0 aliphatic carbocycles. The number of rotatable bonds is 5. The Hall–Kier alpha value is -2.24. The SMILES string of the molecule is C[C@H](NC(=O)C[NH+]1CCC(c2nc3ccccc3s2)CC1)c1ccccc1. The fraction of sp³-hybridized carbons (Fsp3) is 0.364. The number of aromatic nitrogens is 1. The summed E-state index contributed by atoms with van der Waals surface area (Å²) in [6, 6.07) is 18.5. The van der Waals surface area contributed by atoms with Crippen LogP contribution in [0.3, 0.4) is 0 Å². The summed E-state index contributed by atoms with van der Waals surface area (Å²) in [6.45, 7) is 4.67. The molecule has 0 radical (unpaired) electrons. The van der Waals surface area contributed by atoms with Gasteiger partial charge in [0.2, 0.25) is 0 Å². The molecular weight excluding hydrogens is 354 g/mol. The molecule has 140 valence electrons. The van der Waals surface area contributed by atoms with E-state index in [2.05, 4.69) is 35.6 Å². The minimum absolute atomic E-state index is 0.0541. The van der Waals surface area contributed by atoms with E-state index in [1.807, 2.05) is 42.5 Å². The molecule has 5 heteroatoms. The fourth-order valence-corrected chi connectivity index (χ4v) is 5.00. The van der Waals surface area contributed by atoms with Gasteiger partial charge in [-0.2, -0.15) is 0 Å². The van der Waals surface area contributed by atoms with Gasteiger partial charge in [0, 0.05) is 18.8 Å². The molecule has 1 aliphatic rings. The number of benzene rings is 2. The van der Waals surface area contributed by atoms with Crippen molar-refractivity contribution in [2.24, 2.45) is 0 Å². The number of quaternary nitrogens is 1. The summed E-state index contributed by atoms with van der Waals surface area (Å²) in [5, 5.41) is 4.40. The third kappa shape index (κ3) is 4.37. The number of hydrogen-bond acceptors (Lipinski definition) is 3. The number of nitrogens with zero attached hydrogens (tertiary/aromatic N) is 1. The molecule has 1 amide bonds. The number of amides is 1. The third-order valence-corrected chi connectivity index (χ3v) is 6.64. The van der Waals surface area contributed by atoms with E-state index < -0.39 is 0 Å². The summed E-state index contributed by atoms with van der Waals surface area (Å²) in [4.78, 5) is 18.6. The van der Waals surface area contributed by atoms with Crippen molar-refractivity contribution in [3.8, 4) is 0 Å². The van der Waals surface area contributed by atoms with Crippen LogP contribution in [0.5, 0.6) is 0 Å². The zero-order valence-corrected chi connectivity index (χ0v) is 16.5. The summed E-state index contributed by atoms with van der Waals surface area (Å²) in [7, 11) is 0. The summed E-state index contributed by atoms with van der Waals surface area (Å²) in [5.74, 6) is 0.678. The first-order valence-electron chi connectivity index (χ1n) is 9.72. The van der Waals surface area contributed by atoms with Gasteiger partial charge in [-0.3, -0.25) is 4.79 Å². The predicted molar refractivity (Wildman–Crippen MR) is 110 cm³/mol. The normalized spacial score (nSPS) is 21.1. The van der Waals surface area contributed by atoms with Gasteiger partial charge in [-0.15, -0.1) is 11.3 Å². The first-order chi connectivity index (χ1) is 13.2. The first-order valence-corrected chi connectivity index (χ1v) is 10.5. The Morgan fingerprint density at radius 2 is 1.85 bits per heavy atom. The molecule has 1 fully saturated rings. The van der Waals surface area contributed by atoms with Crippen LogP contribution in [0.4, 0.5) is 0 Å². The molecule has 4 nitrogen and oxygen atoms in total. The number of fused-ring (bicyclic) bond motifs is 1. The van der Waals surface area contributed by atoms with Crippen molar-refractivity contribution in [3.63, 3.8) is 0 Å². The van der Waals surface area contributed by atoms with E-state index in [1.54, 1.807) is 0 Å². The van der Waals surface area contributed by atoms with Gasteiger partial charge in [0.1, 0.15) is 0 Å². The second-order valence-electron chi connectivity index (χ2n) is 7.42. The quantitative estimate of drug-likeness (QED) is 0.715. The van der Waals surface area contributed by atoms with Crippen molar-refractivity contribution >= 4 is 27.5 Å². The van der Waals surface area contributed by atoms with Crippen LogP contribution in [0.1, 0.15) is 42.3 Å². The van der Waals surface area contributed by atoms with E-state index in [0.717, 1.165) is 37.0 Å². The van der Waals surface area contributed by atoms with Gasteiger partial charge in [-0.05, 0) is 24.6 Å². The molecule has 1 saturated heterocycles. The number of carbonyl (C=O) groups excluding carboxylic acids is 1. The van der Waals surface area contributed by atoms with Crippen molar-refractivity contribution < 1.29 is 9.69 Å². The Labute approximate surface area is 164 Å². The highest BCUT2D eigenvalue weighted by Gasteiger charge is 2.27. The molecule has 1 aliphatic heterocycles. The second kappa shape index (κ2) is 8.19. The van der Waals surface area contributed by atoms with Crippen LogP contribution in [-0.4, -0.2) is 30.5 Å². The van der Waals surface area contributed by atoms with Crippen LogP contribution >= 0.6 is 11.3 Å². The molecule has 1 aromatic heterocycles. The molecule has 1 atom stereocenters. The zero-order chi connectivity index (χ0) is 18.6. The van der Waals surface area contributed by atoms with E-state index >= 15 is 0 Å². The summed E-state index contributed by atoms with van der Waals surface area (Å²) >= 11 is 1.83. The molecule has 3 aromatic rings. The molecule has 0 saturated carbocycles. The Morgan fingerprint density at radius 3 is 2.59 bits per heavy atom. The maximum atomic E-state index is 12.4. The van der Waals surface area contributed by atoms with Crippen molar-refractivity contribution in [1.29, 1.82) is 0 Å². The van der Waals surface area contributed by atoms with Gasteiger partial charge in [0.05, 0.1) is 34.4 Å². The van der Waals surface area contributed by atoms with E-state index in [9.17, 15) is 4.79 Å². The van der Waals surface area contributed by atoms with Crippen LogP contribution in [0.2, 0.25) is 0 Å². The van der Waals surface area contributed by atoms with Crippen LogP contribution in [0.15, 0.2) is 54.6 Å². The average molecular weight is 381 g/mol. The Kier molecular flexibility index (Phi) is 5.50. The van der Waals surface area contributed by atoms with Crippen molar-refractivity contribution in [1.82, 2.24) is 10.3 Å². The Bertz CT molecular complexity index is 867. The number of carbonyl (C=O) groups is 1. The molecular formula is C22H26N3OS+. The lowest BCUT2D eigenvalue weighted by atomic mass is 9.97. The molecule has 0 spiro atoms. The number of piperidine rings is 1. The lowest BCUT2D eigenvalue weighted by Gasteiger charge is -2.28. The lowest BCUT2D eigenvalue weighted by molar-refractivity contribution is -0.897. The Morgan fingerprint density at radius 1 is 1.15 bits per heavy atom. The first kappa shape index (κ1) is 18.1. The molecule has 2 aromatic carbocycles. The number of nitrogens with one attached hydrogen (secondary N) is 2. The van der Waals surface area contributed by atoms with E-state index in [4.69, 9.17) is 4.98 Å². The predicted octanol–water partition coefficient (Wildman–Crippen LogP) is 2.94. The lowest BCUT2D eigenvalue weighted by Crippen LogP contribution is -3.14.